The van der Waals surface area contributed by atoms with E-state index in [1.54, 1.807) is 10.6 Å². The molecule has 1 heterocycles. The van der Waals surface area contributed by atoms with Crippen molar-refractivity contribution in [3.63, 3.8) is 0 Å². The smallest absolute Gasteiger partial charge is 0.263 e. The van der Waals surface area contributed by atoms with Crippen molar-refractivity contribution in [2.75, 3.05) is 13.2 Å². The molecule has 1 fully saturated rings. The molecule has 7 heteroatoms. The summed E-state index contributed by atoms with van der Waals surface area (Å²) >= 11 is 0. The second-order valence-electron chi connectivity index (χ2n) is 9.75. The first kappa shape index (κ1) is 25.1. The van der Waals surface area contributed by atoms with E-state index in [2.05, 4.69) is 10.6 Å². The molecule has 7 nitrogen and oxygen atoms in total. The van der Waals surface area contributed by atoms with E-state index in [0.717, 1.165) is 30.5 Å². The number of rotatable bonds is 8. The maximum atomic E-state index is 13.4. The van der Waals surface area contributed by atoms with Crippen molar-refractivity contribution in [2.24, 2.45) is 11.3 Å². The van der Waals surface area contributed by atoms with E-state index in [-0.39, 0.29) is 30.2 Å². The zero-order valence-corrected chi connectivity index (χ0v) is 19.7. The van der Waals surface area contributed by atoms with Crippen molar-refractivity contribution in [3.05, 3.63) is 33.2 Å². The van der Waals surface area contributed by atoms with Crippen LogP contribution >= 0.6 is 0 Å². The average molecular weight is 434 g/mol. The number of aromatic nitrogens is 1. The molecule has 0 saturated heterocycles. The van der Waals surface area contributed by atoms with Gasteiger partial charge < -0.3 is 20.3 Å². The third kappa shape index (κ3) is 6.42. The van der Waals surface area contributed by atoms with E-state index in [9.17, 15) is 14.4 Å². The first-order valence-electron chi connectivity index (χ1n) is 11.5. The number of nitrogens with zero attached hydrogens (tertiary/aromatic N) is 1. The van der Waals surface area contributed by atoms with Gasteiger partial charge in [-0.25, -0.2) is 0 Å². The predicted molar refractivity (Wildman–Crippen MR) is 122 cm³/mol. The minimum atomic E-state index is -0.830. The van der Waals surface area contributed by atoms with E-state index < -0.39 is 17.4 Å². The summed E-state index contributed by atoms with van der Waals surface area (Å²) in [6, 6.07) is 0.822. The van der Waals surface area contributed by atoms with Crippen LogP contribution in [0.4, 0.5) is 0 Å². The molecule has 0 aliphatic heterocycles. The molecule has 1 saturated carbocycles. The summed E-state index contributed by atoms with van der Waals surface area (Å²) in [5.41, 5.74) is 1.12. The van der Waals surface area contributed by atoms with E-state index >= 15 is 0 Å². The Morgan fingerprint density at radius 1 is 1.23 bits per heavy atom. The monoisotopic (exact) mass is 433 g/mol. The number of amides is 2. The quantitative estimate of drug-likeness (QED) is 0.586. The molecular weight excluding hydrogens is 394 g/mol. The lowest BCUT2D eigenvalue weighted by molar-refractivity contribution is -0.125. The third-order valence-corrected chi connectivity index (χ3v) is 6.18. The van der Waals surface area contributed by atoms with E-state index in [4.69, 9.17) is 5.11 Å². The largest absolute Gasteiger partial charge is 0.395 e. The van der Waals surface area contributed by atoms with Gasteiger partial charge in [-0.3, -0.25) is 14.4 Å². The Bertz CT molecular complexity index is 832. The Labute approximate surface area is 185 Å². The van der Waals surface area contributed by atoms with Gasteiger partial charge in [0.2, 0.25) is 5.91 Å². The maximum Gasteiger partial charge on any atom is 0.263 e. The second kappa shape index (κ2) is 10.9. The van der Waals surface area contributed by atoms with Gasteiger partial charge in [0.25, 0.3) is 11.5 Å². The van der Waals surface area contributed by atoms with E-state index in [1.807, 2.05) is 34.6 Å². The molecule has 2 rings (SSSR count). The highest BCUT2D eigenvalue weighted by Crippen LogP contribution is 2.26. The van der Waals surface area contributed by atoms with Gasteiger partial charge in [-0.15, -0.1) is 0 Å². The third-order valence-electron chi connectivity index (χ3n) is 6.18. The fourth-order valence-electron chi connectivity index (χ4n) is 4.46. The minimum absolute atomic E-state index is 0.0784. The molecule has 0 radical (unpaired) electrons. The van der Waals surface area contributed by atoms with Crippen molar-refractivity contribution in [3.8, 4) is 0 Å². The van der Waals surface area contributed by atoms with Crippen molar-refractivity contribution in [1.29, 1.82) is 0 Å². The summed E-state index contributed by atoms with van der Waals surface area (Å²) < 4.78 is 1.79. The van der Waals surface area contributed by atoms with Gasteiger partial charge in [-0.1, -0.05) is 47.0 Å². The fraction of sp³-hybridized carbons (Fsp3) is 0.708. The molecule has 3 N–H and O–H groups in total. The number of nitrogens with one attached hydrogen (secondary N) is 2. The summed E-state index contributed by atoms with van der Waals surface area (Å²) in [5.74, 6) is -0.451. The number of aryl methyl sites for hydroxylation is 1. The second-order valence-corrected chi connectivity index (χ2v) is 9.75. The van der Waals surface area contributed by atoms with Crippen molar-refractivity contribution in [1.82, 2.24) is 15.2 Å². The number of hydrogen-bond donors (Lipinski definition) is 3. The number of aliphatic hydroxyl groups is 1. The minimum Gasteiger partial charge on any atom is -0.395 e. The van der Waals surface area contributed by atoms with Gasteiger partial charge in [-0.2, -0.15) is 0 Å². The molecule has 1 aromatic heterocycles. The fourth-order valence-corrected chi connectivity index (χ4v) is 4.46. The predicted octanol–water partition coefficient (Wildman–Crippen LogP) is 2.55. The van der Waals surface area contributed by atoms with Gasteiger partial charge in [0.15, 0.2) is 0 Å². The lowest BCUT2D eigenvalue weighted by Gasteiger charge is -2.30. The molecule has 0 spiro atoms. The molecule has 1 aliphatic carbocycles. The molecule has 174 valence electrons. The number of carbonyl (C=O) groups excluding carboxylic acids is 2. The Balaban J connectivity index is 2.36. The van der Waals surface area contributed by atoms with Crippen LogP contribution in [0, 0.1) is 18.3 Å². The summed E-state index contributed by atoms with van der Waals surface area (Å²) in [7, 11) is 0. The molecule has 1 atom stereocenters. The first-order chi connectivity index (χ1) is 14.6. The molecule has 0 bridgehead atoms. The molecule has 1 aliphatic rings. The number of pyridine rings is 1. The van der Waals surface area contributed by atoms with Crippen LogP contribution in [0.25, 0.3) is 0 Å². The van der Waals surface area contributed by atoms with Crippen molar-refractivity contribution in [2.45, 2.75) is 85.7 Å². The van der Waals surface area contributed by atoms with Gasteiger partial charge in [0, 0.05) is 18.8 Å². The van der Waals surface area contributed by atoms with Gasteiger partial charge in [0.05, 0.1) is 6.61 Å². The molecule has 2 amide bonds. The van der Waals surface area contributed by atoms with Crippen molar-refractivity contribution < 1.29 is 14.7 Å². The number of carbonyl (C=O) groups is 2. The van der Waals surface area contributed by atoms with Crippen LogP contribution in [-0.2, 0) is 17.8 Å². The SMILES string of the molecule is CCc1c(C)cc(C(=O)NC(C(=O)NCCO)C(C)(C)C)c(=O)n1CC1CCCCC1. The zero-order chi connectivity index (χ0) is 23.2. The Hall–Kier alpha value is -2.15. The Kier molecular flexibility index (Phi) is 8.86. The Morgan fingerprint density at radius 2 is 1.87 bits per heavy atom. The van der Waals surface area contributed by atoms with Gasteiger partial charge in [-0.05, 0) is 49.1 Å². The summed E-state index contributed by atoms with van der Waals surface area (Å²) in [6.45, 7) is 10.1. The number of aliphatic hydroxyl groups excluding tert-OH is 1. The van der Waals surface area contributed by atoms with E-state index in [0.29, 0.717) is 12.5 Å². The molecule has 0 aromatic carbocycles. The highest BCUT2D eigenvalue weighted by atomic mass is 16.3. The molecular formula is C24H39N3O4. The van der Waals surface area contributed by atoms with E-state index in [1.165, 1.54) is 19.3 Å². The van der Waals surface area contributed by atoms with Gasteiger partial charge in [0.1, 0.15) is 11.6 Å². The normalized spacial score (nSPS) is 16.1. The molecule has 1 aromatic rings. The van der Waals surface area contributed by atoms with Crippen LogP contribution in [0.2, 0.25) is 0 Å². The van der Waals surface area contributed by atoms with Crippen LogP contribution in [0.5, 0.6) is 0 Å². The molecule has 31 heavy (non-hydrogen) atoms. The average Bonchev–Trinajstić information content (AvgIpc) is 2.72. The maximum absolute atomic E-state index is 13.4. The molecule has 1 unspecified atom stereocenters. The van der Waals surface area contributed by atoms with Crippen LogP contribution in [0.1, 0.15) is 81.4 Å². The van der Waals surface area contributed by atoms with Crippen LogP contribution in [-0.4, -0.2) is 40.7 Å². The van der Waals surface area contributed by atoms with Gasteiger partial charge >= 0.3 is 0 Å². The summed E-state index contributed by atoms with van der Waals surface area (Å²) in [6.07, 6.45) is 6.58. The van der Waals surface area contributed by atoms with Crippen LogP contribution in [0.3, 0.4) is 0 Å². The van der Waals surface area contributed by atoms with Crippen LogP contribution < -0.4 is 16.2 Å². The Morgan fingerprint density at radius 3 is 2.42 bits per heavy atom. The van der Waals surface area contributed by atoms with Crippen molar-refractivity contribution >= 4 is 11.8 Å². The highest BCUT2D eigenvalue weighted by Gasteiger charge is 2.33. The topological polar surface area (TPSA) is 100 Å². The summed E-state index contributed by atoms with van der Waals surface area (Å²) in [4.78, 5) is 39.1. The standard InChI is InChI=1S/C24H39N3O4/c1-6-19-16(2)14-18(23(31)27(19)15-17-10-8-7-9-11-17)21(29)26-20(24(3,4)5)22(30)25-12-13-28/h14,17,20,28H,6-13,15H2,1-5H3,(H,25,30)(H,26,29). The highest BCUT2D eigenvalue weighted by molar-refractivity contribution is 5.97. The lowest BCUT2D eigenvalue weighted by Crippen LogP contribution is -2.54. The first-order valence-corrected chi connectivity index (χ1v) is 11.5. The number of hydrogen-bond acceptors (Lipinski definition) is 4. The zero-order valence-electron chi connectivity index (χ0n) is 19.7. The summed E-state index contributed by atoms with van der Waals surface area (Å²) in [5, 5.41) is 14.4. The lowest BCUT2D eigenvalue weighted by atomic mass is 9.86. The van der Waals surface area contributed by atoms with Crippen LogP contribution in [0.15, 0.2) is 10.9 Å².